The quantitative estimate of drug-likeness (QED) is 0.850. The van der Waals surface area contributed by atoms with Gasteiger partial charge in [0.2, 0.25) is 0 Å². The second kappa shape index (κ2) is 5.45. The lowest BCUT2D eigenvalue weighted by Crippen LogP contribution is -2.28. The van der Waals surface area contributed by atoms with E-state index in [-0.39, 0.29) is 0 Å². The molecule has 1 aromatic rings. The number of rotatable bonds is 6. The third-order valence-electron chi connectivity index (χ3n) is 4.15. The first kappa shape index (κ1) is 13.4. The van der Waals surface area contributed by atoms with Crippen molar-refractivity contribution >= 4 is 21.6 Å². The molecule has 2 aliphatic carbocycles. The Morgan fingerprint density at radius 2 is 1.79 bits per heavy atom. The molecule has 0 spiro atoms. The van der Waals surface area contributed by atoms with E-state index in [4.69, 9.17) is 0 Å². The molecule has 2 saturated carbocycles. The van der Waals surface area contributed by atoms with E-state index in [0.717, 1.165) is 21.9 Å². The summed E-state index contributed by atoms with van der Waals surface area (Å²) in [7, 11) is 0. The highest BCUT2D eigenvalue weighted by Crippen LogP contribution is 2.38. The molecule has 0 amide bonds. The van der Waals surface area contributed by atoms with Gasteiger partial charge in [-0.05, 0) is 78.1 Å². The monoisotopic (exact) mass is 323 g/mol. The van der Waals surface area contributed by atoms with Crippen LogP contribution in [0.25, 0.3) is 0 Å². The molecule has 2 aliphatic rings. The first-order valence-electron chi connectivity index (χ1n) is 7.36. The summed E-state index contributed by atoms with van der Waals surface area (Å²) in [5.41, 5.74) is 2.27. The molecule has 0 radical (unpaired) electrons. The van der Waals surface area contributed by atoms with Crippen molar-refractivity contribution in [2.45, 2.75) is 38.7 Å². The number of aliphatic hydroxyl groups is 1. The second-order valence-corrected chi connectivity index (χ2v) is 7.03. The smallest absolute Gasteiger partial charge is 0.0762 e. The number of nitrogens with zero attached hydrogens (tertiary/aromatic N) is 1. The molecule has 0 heterocycles. The van der Waals surface area contributed by atoms with E-state index in [2.05, 4.69) is 39.0 Å². The van der Waals surface area contributed by atoms with Crippen LogP contribution in [-0.2, 0) is 0 Å². The highest BCUT2D eigenvalue weighted by molar-refractivity contribution is 9.10. The van der Waals surface area contributed by atoms with Gasteiger partial charge in [-0.25, -0.2) is 0 Å². The molecule has 0 saturated heterocycles. The van der Waals surface area contributed by atoms with Crippen LogP contribution in [-0.4, -0.2) is 18.2 Å². The first-order chi connectivity index (χ1) is 9.13. The summed E-state index contributed by atoms with van der Waals surface area (Å²) in [6.07, 6.45) is 5.18. The zero-order chi connectivity index (χ0) is 13.4. The van der Waals surface area contributed by atoms with Crippen LogP contribution < -0.4 is 4.90 Å². The summed E-state index contributed by atoms with van der Waals surface area (Å²) in [6, 6.07) is 6.28. The maximum absolute atomic E-state index is 9.65. The molecular weight excluding hydrogens is 302 g/mol. The Labute approximate surface area is 123 Å². The van der Waals surface area contributed by atoms with Gasteiger partial charge in [0.1, 0.15) is 0 Å². The Bertz CT molecular complexity index is 438. The van der Waals surface area contributed by atoms with Gasteiger partial charge in [0.05, 0.1) is 11.8 Å². The van der Waals surface area contributed by atoms with Crippen molar-refractivity contribution in [2.75, 3.05) is 18.0 Å². The highest BCUT2D eigenvalue weighted by atomic mass is 79.9. The average Bonchev–Trinajstić information content (AvgIpc) is 3.23. The molecule has 3 heteroatoms. The summed E-state index contributed by atoms with van der Waals surface area (Å²) in [5.74, 6) is 1.81. The lowest BCUT2D eigenvalue weighted by Gasteiger charge is -2.26. The molecule has 1 N–H and O–H groups in total. The van der Waals surface area contributed by atoms with Gasteiger partial charge in [0.25, 0.3) is 0 Å². The largest absolute Gasteiger partial charge is 0.389 e. The summed E-state index contributed by atoms with van der Waals surface area (Å²) in [4.78, 5) is 2.55. The maximum Gasteiger partial charge on any atom is 0.0762 e. The van der Waals surface area contributed by atoms with E-state index in [1.807, 2.05) is 6.92 Å². The van der Waals surface area contributed by atoms with Gasteiger partial charge in [0.15, 0.2) is 0 Å². The van der Waals surface area contributed by atoms with Crippen LogP contribution in [0.15, 0.2) is 22.7 Å². The molecule has 2 fully saturated rings. The summed E-state index contributed by atoms with van der Waals surface area (Å²) < 4.78 is 1.12. The van der Waals surface area contributed by atoms with Crippen molar-refractivity contribution < 1.29 is 5.11 Å². The standard InChI is InChI=1S/C16H22BrNO/c1-11(19)14-6-7-16(15(17)8-14)18(9-12-2-3-12)10-13-4-5-13/h6-8,11-13,19H,2-5,9-10H2,1H3. The van der Waals surface area contributed by atoms with Crippen molar-refractivity contribution in [2.24, 2.45) is 11.8 Å². The second-order valence-electron chi connectivity index (χ2n) is 6.18. The van der Waals surface area contributed by atoms with Gasteiger partial charge in [-0.3, -0.25) is 0 Å². The molecule has 0 bridgehead atoms. The van der Waals surface area contributed by atoms with E-state index in [1.165, 1.54) is 44.5 Å². The number of benzene rings is 1. The predicted molar refractivity (Wildman–Crippen MR) is 82.4 cm³/mol. The lowest BCUT2D eigenvalue weighted by atomic mass is 10.1. The van der Waals surface area contributed by atoms with E-state index >= 15 is 0 Å². The first-order valence-corrected chi connectivity index (χ1v) is 8.15. The molecule has 1 atom stereocenters. The van der Waals surface area contributed by atoms with Gasteiger partial charge < -0.3 is 10.0 Å². The fourth-order valence-corrected chi connectivity index (χ4v) is 3.18. The van der Waals surface area contributed by atoms with E-state index < -0.39 is 6.10 Å². The Hall–Kier alpha value is -0.540. The lowest BCUT2D eigenvalue weighted by molar-refractivity contribution is 0.199. The zero-order valence-electron chi connectivity index (χ0n) is 11.5. The number of aliphatic hydroxyl groups excluding tert-OH is 1. The van der Waals surface area contributed by atoms with Crippen molar-refractivity contribution in [3.05, 3.63) is 28.2 Å². The zero-order valence-corrected chi connectivity index (χ0v) is 13.1. The van der Waals surface area contributed by atoms with Crippen LogP contribution in [0.4, 0.5) is 5.69 Å². The molecule has 3 rings (SSSR count). The van der Waals surface area contributed by atoms with Gasteiger partial charge in [-0.1, -0.05) is 6.07 Å². The Morgan fingerprint density at radius 1 is 1.21 bits per heavy atom. The fraction of sp³-hybridized carbons (Fsp3) is 0.625. The normalized spacial score (nSPS) is 20.4. The molecule has 1 aromatic carbocycles. The minimum absolute atomic E-state index is 0.398. The maximum atomic E-state index is 9.65. The van der Waals surface area contributed by atoms with Crippen LogP contribution in [0.2, 0.25) is 0 Å². The molecule has 1 unspecified atom stereocenters. The average molecular weight is 324 g/mol. The molecule has 0 aliphatic heterocycles. The van der Waals surface area contributed by atoms with Crippen molar-refractivity contribution in [3.8, 4) is 0 Å². The molecular formula is C16H22BrNO. The van der Waals surface area contributed by atoms with Gasteiger partial charge in [-0.15, -0.1) is 0 Å². The number of hydrogen-bond donors (Lipinski definition) is 1. The van der Waals surface area contributed by atoms with Crippen LogP contribution in [0.5, 0.6) is 0 Å². The van der Waals surface area contributed by atoms with Crippen molar-refractivity contribution in [1.29, 1.82) is 0 Å². The van der Waals surface area contributed by atoms with Crippen LogP contribution >= 0.6 is 15.9 Å². The minimum Gasteiger partial charge on any atom is -0.389 e. The topological polar surface area (TPSA) is 23.5 Å². The van der Waals surface area contributed by atoms with Gasteiger partial charge >= 0.3 is 0 Å². The van der Waals surface area contributed by atoms with Crippen molar-refractivity contribution in [1.82, 2.24) is 0 Å². The van der Waals surface area contributed by atoms with Crippen molar-refractivity contribution in [3.63, 3.8) is 0 Å². The number of hydrogen-bond acceptors (Lipinski definition) is 2. The third kappa shape index (κ3) is 3.51. The molecule has 0 aromatic heterocycles. The summed E-state index contributed by atoms with van der Waals surface area (Å²) in [6.45, 7) is 4.21. The molecule has 19 heavy (non-hydrogen) atoms. The van der Waals surface area contributed by atoms with Gasteiger partial charge in [0, 0.05) is 17.6 Å². The molecule has 2 nitrogen and oxygen atoms in total. The SMILES string of the molecule is CC(O)c1ccc(N(CC2CC2)CC2CC2)c(Br)c1. The van der Waals surface area contributed by atoms with Crippen LogP contribution in [0, 0.1) is 11.8 Å². The fourth-order valence-electron chi connectivity index (χ4n) is 2.53. The minimum atomic E-state index is -0.398. The highest BCUT2D eigenvalue weighted by Gasteiger charge is 2.30. The summed E-state index contributed by atoms with van der Waals surface area (Å²) >= 11 is 3.68. The predicted octanol–water partition coefficient (Wildman–Crippen LogP) is 4.13. The Kier molecular flexibility index (Phi) is 3.86. The van der Waals surface area contributed by atoms with Gasteiger partial charge in [-0.2, -0.15) is 0 Å². The Balaban J connectivity index is 1.79. The summed E-state index contributed by atoms with van der Waals surface area (Å²) in [5, 5.41) is 9.65. The number of anilines is 1. The Morgan fingerprint density at radius 3 is 2.21 bits per heavy atom. The van der Waals surface area contributed by atoms with E-state index in [1.54, 1.807) is 0 Å². The van der Waals surface area contributed by atoms with Crippen LogP contribution in [0.3, 0.4) is 0 Å². The van der Waals surface area contributed by atoms with Crippen LogP contribution in [0.1, 0.15) is 44.3 Å². The molecule has 104 valence electrons. The van der Waals surface area contributed by atoms with E-state index in [0.29, 0.717) is 0 Å². The van der Waals surface area contributed by atoms with E-state index in [9.17, 15) is 5.11 Å². The number of halogens is 1. The third-order valence-corrected chi connectivity index (χ3v) is 4.78.